The van der Waals surface area contributed by atoms with Crippen molar-refractivity contribution in [1.82, 2.24) is 4.98 Å². The number of aromatic amines is 1. The number of nitrogens with zero attached hydrogens (tertiary/aromatic N) is 1. The molecule has 0 bridgehead atoms. The summed E-state index contributed by atoms with van der Waals surface area (Å²) >= 11 is 0. The van der Waals surface area contributed by atoms with E-state index < -0.39 is 17.3 Å². The largest absolute Gasteiger partial charge is 0.506 e. The van der Waals surface area contributed by atoms with Gasteiger partial charge in [-0.3, -0.25) is 4.79 Å². The first-order valence-electron chi connectivity index (χ1n) is 7.17. The highest BCUT2D eigenvalue weighted by Crippen LogP contribution is 2.29. The first-order chi connectivity index (χ1) is 10.9. The van der Waals surface area contributed by atoms with Crippen molar-refractivity contribution in [2.24, 2.45) is 0 Å². The number of hydrogen-bond donors (Lipinski definition) is 2. The SMILES string of the molecule is O=c1ccc(C(F)(F)F)c[nH]1.Oc1ccccc1N1CCCC1. The molecular formula is C16H17F3N2O2. The monoisotopic (exact) mass is 326 g/mol. The van der Waals surface area contributed by atoms with Crippen LogP contribution in [-0.4, -0.2) is 23.2 Å². The van der Waals surface area contributed by atoms with E-state index >= 15 is 0 Å². The average molecular weight is 326 g/mol. The molecule has 1 aliphatic heterocycles. The quantitative estimate of drug-likeness (QED) is 0.844. The molecule has 1 saturated heterocycles. The third-order valence-corrected chi connectivity index (χ3v) is 3.44. The topological polar surface area (TPSA) is 56.3 Å². The number of nitrogens with one attached hydrogen (secondary N) is 1. The van der Waals surface area contributed by atoms with Crippen LogP contribution in [-0.2, 0) is 6.18 Å². The molecule has 124 valence electrons. The van der Waals surface area contributed by atoms with Crippen molar-refractivity contribution < 1.29 is 18.3 Å². The lowest BCUT2D eigenvalue weighted by Gasteiger charge is -2.18. The lowest BCUT2D eigenvalue weighted by atomic mass is 10.3. The van der Waals surface area contributed by atoms with Crippen molar-refractivity contribution in [3.63, 3.8) is 0 Å². The number of para-hydroxylation sites is 2. The van der Waals surface area contributed by atoms with Gasteiger partial charge in [0.25, 0.3) is 0 Å². The smallest absolute Gasteiger partial charge is 0.417 e. The Morgan fingerprint density at radius 2 is 1.70 bits per heavy atom. The fourth-order valence-corrected chi connectivity index (χ4v) is 2.28. The number of aromatic nitrogens is 1. The van der Waals surface area contributed by atoms with Gasteiger partial charge in [-0.1, -0.05) is 12.1 Å². The van der Waals surface area contributed by atoms with Gasteiger partial charge in [0.15, 0.2) is 0 Å². The lowest BCUT2D eigenvalue weighted by Crippen LogP contribution is -2.17. The van der Waals surface area contributed by atoms with Gasteiger partial charge in [-0.25, -0.2) is 0 Å². The van der Waals surface area contributed by atoms with E-state index in [4.69, 9.17) is 0 Å². The average Bonchev–Trinajstić information content (AvgIpc) is 3.02. The molecular weight excluding hydrogens is 309 g/mol. The summed E-state index contributed by atoms with van der Waals surface area (Å²) in [6.45, 7) is 2.16. The van der Waals surface area contributed by atoms with Gasteiger partial charge in [-0.05, 0) is 31.0 Å². The maximum Gasteiger partial charge on any atom is 0.417 e. The minimum atomic E-state index is -4.38. The third-order valence-electron chi connectivity index (χ3n) is 3.44. The zero-order chi connectivity index (χ0) is 16.9. The summed E-state index contributed by atoms with van der Waals surface area (Å²) in [4.78, 5) is 14.5. The summed E-state index contributed by atoms with van der Waals surface area (Å²) in [6, 6.07) is 9.11. The molecule has 0 unspecified atom stereocenters. The Hall–Kier alpha value is -2.44. The Kier molecular flexibility index (Phi) is 5.31. The Morgan fingerprint density at radius 3 is 2.22 bits per heavy atom. The van der Waals surface area contributed by atoms with E-state index in [1.807, 2.05) is 23.2 Å². The van der Waals surface area contributed by atoms with Crippen LogP contribution in [0.3, 0.4) is 0 Å². The Labute approximate surface area is 131 Å². The zero-order valence-corrected chi connectivity index (χ0v) is 12.3. The maximum atomic E-state index is 11.8. The molecule has 1 aliphatic rings. The van der Waals surface area contributed by atoms with Gasteiger partial charge >= 0.3 is 6.18 Å². The van der Waals surface area contributed by atoms with Gasteiger partial charge in [0.1, 0.15) is 5.75 Å². The van der Waals surface area contributed by atoms with E-state index in [0.717, 1.165) is 30.9 Å². The summed E-state index contributed by atoms with van der Waals surface area (Å²) < 4.78 is 35.4. The number of halogens is 3. The molecule has 1 aromatic carbocycles. The summed E-state index contributed by atoms with van der Waals surface area (Å²) in [5, 5.41) is 9.53. The molecule has 23 heavy (non-hydrogen) atoms. The molecule has 2 heterocycles. The fourth-order valence-electron chi connectivity index (χ4n) is 2.28. The first kappa shape index (κ1) is 16.9. The molecule has 0 spiro atoms. The Bertz CT molecular complexity index is 672. The number of benzene rings is 1. The van der Waals surface area contributed by atoms with Crippen LogP contribution in [0.15, 0.2) is 47.4 Å². The minimum Gasteiger partial charge on any atom is -0.506 e. The highest BCUT2D eigenvalue weighted by atomic mass is 19.4. The van der Waals surface area contributed by atoms with Crippen LogP contribution in [0.1, 0.15) is 18.4 Å². The van der Waals surface area contributed by atoms with Gasteiger partial charge in [0, 0.05) is 25.4 Å². The predicted octanol–water partition coefficient (Wildman–Crippen LogP) is 3.39. The third kappa shape index (κ3) is 4.77. The van der Waals surface area contributed by atoms with Crippen molar-refractivity contribution in [1.29, 1.82) is 0 Å². The summed E-state index contributed by atoms with van der Waals surface area (Å²) in [5.41, 5.74) is -0.412. The van der Waals surface area contributed by atoms with E-state index in [0.29, 0.717) is 11.9 Å². The molecule has 7 heteroatoms. The lowest BCUT2D eigenvalue weighted by molar-refractivity contribution is -0.137. The van der Waals surface area contributed by atoms with Crippen LogP contribution in [0.4, 0.5) is 18.9 Å². The molecule has 0 aliphatic carbocycles. The fraction of sp³-hybridized carbons (Fsp3) is 0.312. The van der Waals surface area contributed by atoms with Crippen LogP contribution in [0.2, 0.25) is 0 Å². The van der Waals surface area contributed by atoms with Crippen LogP contribution < -0.4 is 10.5 Å². The molecule has 3 rings (SSSR count). The Morgan fingerprint density at radius 1 is 1.04 bits per heavy atom. The number of rotatable bonds is 1. The number of phenols is 1. The standard InChI is InChI=1S/C10H13NO.C6H4F3NO/c12-10-6-2-1-5-9(10)11-7-3-4-8-11;7-6(8,9)4-1-2-5(11)10-3-4/h1-2,5-6,12H,3-4,7-8H2;1-3H,(H,10,11). The number of pyridine rings is 1. The molecule has 0 saturated carbocycles. The summed E-state index contributed by atoms with van der Waals surface area (Å²) in [7, 11) is 0. The molecule has 2 aromatic rings. The molecule has 1 fully saturated rings. The Balaban J connectivity index is 0.000000168. The number of hydrogen-bond acceptors (Lipinski definition) is 3. The van der Waals surface area contributed by atoms with E-state index in [1.165, 1.54) is 12.8 Å². The number of aromatic hydroxyl groups is 1. The van der Waals surface area contributed by atoms with Crippen LogP contribution >= 0.6 is 0 Å². The number of anilines is 1. The van der Waals surface area contributed by atoms with Crippen molar-refractivity contribution >= 4 is 5.69 Å². The second-order valence-electron chi connectivity index (χ2n) is 5.12. The molecule has 0 radical (unpaired) electrons. The molecule has 1 aromatic heterocycles. The van der Waals surface area contributed by atoms with Gasteiger partial charge in [0.2, 0.25) is 5.56 Å². The van der Waals surface area contributed by atoms with Gasteiger partial charge < -0.3 is 15.0 Å². The summed E-state index contributed by atoms with van der Waals surface area (Å²) in [5.74, 6) is 0.402. The highest BCUT2D eigenvalue weighted by molar-refractivity contribution is 5.57. The minimum absolute atomic E-state index is 0.402. The number of alkyl halides is 3. The summed E-state index contributed by atoms with van der Waals surface area (Å²) in [6.07, 6.45) is -1.25. The highest BCUT2D eigenvalue weighted by Gasteiger charge is 2.30. The molecule has 0 atom stereocenters. The van der Waals surface area contributed by atoms with E-state index in [1.54, 1.807) is 6.07 Å². The first-order valence-corrected chi connectivity index (χ1v) is 7.17. The number of phenolic OH excluding ortho intramolecular Hbond substituents is 1. The molecule has 2 N–H and O–H groups in total. The zero-order valence-electron chi connectivity index (χ0n) is 12.3. The van der Waals surface area contributed by atoms with E-state index in [-0.39, 0.29) is 0 Å². The van der Waals surface area contributed by atoms with Crippen molar-refractivity contribution in [3.8, 4) is 5.75 Å². The molecule has 0 amide bonds. The maximum absolute atomic E-state index is 11.8. The van der Waals surface area contributed by atoms with Crippen LogP contribution in [0, 0.1) is 0 Å². The predicted molar refractivity (Wildman–Crippen MR) is 81.6 cm³/mol. The van der Waals surface area contributed by atoms with Gasteiger partial charge in [-0.2, -0.15) is 13.2 Å². The second-order valence-corrected chi connectivity index (χ2v) is 5.12. The van der Waals surface area contributed by atoms with Crippen LogP contribution in [0.25, 0.3) is 0 Å². The van der Waals surface area contributed by atoms with Crippen molar-refractivity contribution in [2.75, 3.05) is 18.0 Å². The second kappa shape index (κ2) is 7.21. The van der Waals surface area contributed by atoms with Crippen molar-refractivity contribution in [3.05, 3.63) is 58.5 Å². The van der Waals surface area contributed by atoms with E-state index in [9.17, 15) is 23.1 Å². The molecule has 4 nitrogen and oxygen atoms in total. The van der Waals surface area contributed by atoms with E-state index in [2.05, 4.69) is 4.90 Å². The number of H-pyrrole nitrogens is 1. The van der Waals surface area contributed by atoms with Gasteiger partial charge in [-0.15, -0.1) is 0 Å². The normalized spacial score (nSPS) is 14.3. The van der Waals surface area contributed by atoms with Crippen LogP contribution in [0.5, 0.6) is 5.75 Å². The van der Waals surface area contributed by atoms with Gasteiger partial charge in [0.05, 0.1) is 11.3 Å². The van der Waals surface area contributed by atoms with Crippen molar-refractivity contribution in [2.45, 2.75) is 19.0 Å².